The van der Waals surface area contributed by atoms with Gasteiger partial charge in [-0.05, 0) is 18.1 Å². The molecule has 1 aromatic carbocycles. The van der Waals surface area contributed by atoms with Crippen molar-refractivity contribution in [3.63, 3.8) is 0 Å². The minimum absolute atomic E-state index is 0.0716. The minimum Gasteiger partial charge on any atom is -0.294 e. The Morgan fingerprint density at radius 2 is 1.94 bits per heavy atom. The molecule has 1 aliphatic carbocycles. The van der Waals surface area contributed by atoms with Crippen LogP contribution in [0.15, 0.2) is 30.3 Å². The number of benzene rings is 1. The van der Waals surface area contributed by atoms with Gasteiger partial charge in [-0.1, -0.05) is 55.9 Å². The summed E-state index contributed by atoms with van der Waals surface area (Å²) in [4.78, 5) is 24.3. The molecule has 1 aromatic rings. The summed E-state index contributed by atoms with van der Waals surface area (Å²) in [6, 6.07) is 9.31. The SMILES string of the molecule is CCSC(=O)[C@@H]1C[C@H](C)[C@H]1C(=O)c1ccccc1. The predicted octanol–water partition coefficient (Wildman–Crippen LogP) is 3.42. The van der Waals surface area contributed by atoms with Crippen molar-refractivity contribution in [1.82, 2.24) is 0 Å². The molecule has 0 N–H and O–H groups in total. The smallest absolute Gasteiger partial charge is 0.192 e. The fourth-order valence-corrected chi connectivity index (χ4v) is 3.36. The summed E-state index contributed by atoms with van der Waals surface area (Å²) in [5.41, 5.74) is 0.730. The number of hydrogen-bond donors (Lipinski definition) is 0. The highest BCUT2D eigenvalue weighted by Gasteiger charge is 2.46. The summed E-state index contributed by atoms with van der Waals surface area (Å²) in [7, 11) is 0. The van der Waals surface area contributed by atoms with Gasteiger partial charge in [0.1, 0.15) is 0 Å². The van der Waals surface area contributed by atoms with E-state index < -0.39 is 0 Å². The molecule has 3 atom stereocenters. The summed E-state index contributed by atoms with van der Waals surface area (Å²) in [6.45, 7) is 4.03. The van der Waals surface area contributed by atoms with Crippen LogP contribution in [0.2, 0.25) is 0 Å². The van der Waals surface area contributed by atoms with Crippen LogP contribution in [-0.4, -0.2) is 16.7 Å². The molecule has 0 radical (unpaired) electrons. The Kier molecular flexibility index (Phi) is 4.23. The van der Waals surface area contributed by atoms with Crippen LogP contribution in [0.3, 0.4) is 0 Å². The van der Waals surface area contributed by atoms with E-state index in [9.17, 15) is 9.59 Å². The van der Waals surface area contributed by atoms with Crippen molar-refractivity contribution in [1.29, 1.82) is 0 Å². The second-order valence-corrected chi connectivity index (χ2v) is 6.10. The maximum absolute atomic E-state index is 12.4. The van der Waals surface area contributed by atoms with E-state index in [1.165, 1.54) is 11.8 Å². The topological polar surface area (TPSA) is 34.1 Å². The molecule has 0 amide bonds. The summed E-state index contributed by atoms with van der Waals surface area (Å²) >= 11 is 1.34. The quantitative estimate of drug-likeness (QED) is 0.780. The van der Waals surface area contributed by atoms with Gasteiger partial charge in [0.2, 0.25) is 0 Å². The summed E-state index contributed by atoms with van der Waals surface area (Å²) in [5, 5.41) is 0.185. The third-order valence-corrected chi connectivity index (χ3v) is 4.50. The Hall–Kier alpha value is -1.09. The van der Waals surface area contributed by atoms with E-state index in [0.29, 0.717) is 5.92 Å². The standard InChI is InChI=1S/C15H18O2S/c1-3-18-15(17)12-9-10(2)13(12)14(16)11-7-5-4-6-8-11/h4-8,10,12-13H,3,9H2,1-2H3/t10-,12+,13+/m0/s1. The molecule has 0 spiro atoms. The van der Waals surface area contributed by atoms with Crippen LogP contribution in [0.5, 0.6) is 0 Å². The lowest BCUT2D eigenvalue weighted by atomic mass is 9.63. The lowest BCUT2D eigenvalue weighted by Crippen LogP contribution is -2.44. The molecular formula is C15H18O2S. The highest BCUT2D eigenvalue weighted by molar-refractivity contribution is 8.13. The number of Topliss-reactive ketones (excluding diaryl/α,β-unsaturated/α-hetero) is 1. The molecule has 18 heavy (non-hydrogen) atoms. The molecule has 0 heterocycles. The third kappa shape index (κ3) is 2.51. The molecule has 0 aliphatic heterocycles. The Labute approximate surface area is 112 Å². The van der Waals surface area contributed by atoms with E-state index in [1.807, 2.05) is 37.3 Å². The van der Waals surface area contributed by atoms with E-state index in [4.69, 9.17) is 0 Å². The third-order valence-electron chi connectivity index (χ3n) is 3.62. The summed E-state index contributed by atoms with van der Waals surface area (Å²) in [6.07, 6.45) is 0.856. The summed E-state index contributed by atoms with van der Waals surface area (Å²) in [5.74, 6) is 1.06. The van der Waals surface area contributed by atoms with Crippen molar-refractivity contribution in [2.24, 2.45) is 17.8 Å². The molecular weight excluding hydrogens is 244 g/mol. The Balaban J connectivity index is 2.11. The first-order chi connectivity index (χ1) is 8.65. The Morgan fingerprint density at radius 3 is 2.50 bits per heavy atom. The van der Waals surface area contributed by atoms with Gasteiger partial charge in [0.25, 0.3) is 0 Å². The molecule has 1 aliphatic rings. The van der Waals surface area contributed by atoms with Gasteiger partial charge in [0.15, 0.2) is 10.9 Å². The molecule has 3 heteroatoms. The zero-order valence-corrected chi connectivity index (χ0v) is 11.6. The molecule has 1 fully saturated rings. The summed E-state index contributed by atoms with van der Waals surface area (Å²) < 4.78 is 0. The van der Waals surface area contributed by atoms with Crippen LogP contribution in [-0.2, 0) is 4.79 Å². The fourth-order valence-electron chi connectivity index (χ4n) is 2.62. The van der Waals surface area contributed by atoms with Gasteiger partial charge in [0, 0.05) is 17.4 Å². The van der Waals surface area contributed by atoms with E-state index in [0.717, 1.165) is 17.7 Å². The molecule has 96 valence electrons. The number of carbonyl (C=O) groups excluding carboxylic acids is 2. The second-order valence-electron chi connectivity index (χ2n) is 4.83. The highest BCUT2D eigenvalue weighted by atomic mass is 32.2. The van der Waals surface area contributed by atoms with Gasteiger partial charge in [-0.15, -0.1) is 0 Å². The van der Waals surface area contributed by atoms with Crippen molar-refractivity contribution >= 4 is 22.7 Å². The van der Waals surface area contributed by atoms with Crippen LogP contribution >= 0.6 is 11.8 Å². The van der Waals surface area contributed by atoms with Crippen molar-refractivity contribution in [3.8, 4) is 0 Å². The maximum atomic E-state index is 12.4. The van der Waals surface area contributed by atoms with Gasteiger partial charge in [-0.25, -0.2) is 0 Å². The largest absolute Gasteiger partial charge is 0.294 e. The second kappa shape index (κ2) is 5.70. The van der Waals surface area contributed by atoms with E-state index in [2.05, 4.69) is 6.92 Å². The fraction of sp³-hybridized carbons (Fsp3) is 0.467. The first-order valence-corrected chi connectivity index (χ1v) is 7.39. The zero-order chi connectivity index (χ0) is 13.1. The van der Waals surface area contributed by atoms with Crippen molar-refractivity contribution in [3.05, 3.63) is 35.9 Å². The Bertz CT molecular complexity index is 441. The van der Waals surface area contributed by atoms with E-state index in [-0.39, 0.29) is 22.7 Å². The van der Waals surface area contributed by atoms with Gasteiger partial charge in [0.05, 0.1) is 0 Å². The van der Waals surface area contributed by atoms with Gasteiger partial charge in [-0.2, -0.15) is 0 Å². The van der Waals surface area contributed by atoms with E-state index >= 15 is 0 Å². The van der Waals surface area contributed by atoms with Crippen LogP contribution in [0.4, 0.5) is 0 Å². The molecule has 0 unspecified atom stereocenters. The predicted molar refractivity (Wildman–Crippen MR) is 74.7 cm³/mol. The Morgan fingerprint density at radius 1 is 1.28 bits per heavy atom. The average Bonchev–Trinajstić information content (AvgIpc) is 2.37. The lowest BCUT2D eigenvalue weighted by molar-refractivity contribution is -0.120. The maximum Gasteiger partial charge on any atom is 0.192 e. The highest BCUT2D eigenvalue weighted by Crippen LogP contribution is 2.44. The molecule has 2 rings (SSSR count). The van der Waals surface area contributed by atoms with Gasteiger partial charge >= 0.3 is 0 Å². The average molecular weight is 262 g/mol. The minimum atomic E-state index is -0.112. The van der Waals surface area contributed by atoms with Crippen LogP contribution < -0.4 is 0 Å². The number of hydrogen-bond acceptors (Lipinski definition) is 3. The van der Waals surface area contributed by atoms with Crippen LogP contribution in [0.25, 0.3) is 0 Å². The number of ketones is 1. The number of thioether (sulfide) groups is 1. The van der Waals surface area contributed by atoms with Crippen molar-refractivity contribution < 1.29 is 9.59 Å². The molecule has 2 nitrogen and oxygen atoms in total. The zero-order valence-electron chi connectivity index (χ0n) is 10.8. The number of carbonyl (C=O) groups is 2. The first kappa shape index (κ1) is 13.3. The normalized spacial score (nSPS) is 26.4. The molecule has 0 saturated heterocycles. The van der Waals surface area contributed by atoms with Crippen LogP contribution in [0, 0.1) is 17.8 Å². The van der Waals surface area contributed by atoms with Gasteiger partial charge < -0.3 is 0 Å². The molecule has 0 bridgehead atoms. The van der Waals surface area contributed by atoms with Crippen LogP contribution in [0.1, 0.15) is 30.6 Å². The number of rotatable bonds is 4. The monoisotopic (exact) mass is 262 g/mol. The first-order valence-electron chi connectivity index (χ1n) is 6.41. The molecule has 1 saturated carbocycles. The van der Waals surface area contributed by atoms with Crippen molar-refractivity contribution in [2.45, 2.75) is 20.3 Å². The molecule has 0 aromatic heterocycles. The van der Waals surface area contributed by atoms with E-state index in [1.54, 1.807) is 0 Å². The lowest BCUT2D eigenvalue weighted by Gasteiger charge is -2.40. The van der Waals surface area contributed by atoms with Crippen molar-refractivity contribution in [2.75, 3.05) is 5.75 Å². The van der Waals surface area contributed by atoms with Gasteiger partial charge in [-0.3, -0.25) is 9.59 Å².